The first-order valence-corrected chi connectivity index (χ1v) is 10.1. The molecule has 4 amide bonds. The molecule has 158 valence electrons. The van der Waals surface area contributed by atoms with Crippen molar-refractivity contribution in [3.63, 3.8) is 0 Å². The number of hydrogen-bond acceptors (Lipinski definition) is 5. The number of carbonyl (C=O) groups excluding carboxylic acids is 4. The van der Waals surface area contributed by atoms with E-state index in [4.69, 9.17) is 4.74 Å². The molecule has 9 nitrogen and oxygen atoms in total. The second-order valence-corrected chi connectivity index (χ2v) is 7.73. The zero-order valence-electron chi connectivity index (χ0n) is 16.5. The second-order valence-electron chi connectivity index (χ2n) is 7.73. The number of hydrogen-bond donors (Lipinski definition) is 3. The summed E-state index contributed by atoms with van der Waals surface area (Å²) in [6, 6.07) is 7.32. The standard InChI is InChI=1S/C21H24N4O5/c26-17(22-10-7-14-11-23-16-6-2-1-5-15(14)16)13-30-18(27)12-25-19(28)21(24-20(25)29)8-3-4-9-21/h1-2,5-6,11,23H,3-4,7-10,12-13H2,(H,22,26)(H,24,29). The van der Waals surface area contributed by atoms with Crippen LogP contribution in [0.25, 0.3) is 10.9 Å². The van der Waals surface area contributed by atoms with Gasteiger partial charge in [0.05, 0.1) is 0 Å². The van der Waals surface area contributed by atoms with Gasteiger partial charge in [-0.15, -0.1) is 0 Å². The normalized spacial score (nSPS) is 17.5. The molecule has 1 spiro atoms. The first-order chi connectivity index (χ1) is 14.5. The van der Waals surface area contributed by atoms with Crippen molar-refractivity contribution in [3.05, 3.63) is 36.0 Å². The summed E-state index contributed by atoms with van der Waals surface area (Å²) in [7, 11) is 0. The fourth-order valence-corrected chi connectivity index (χ4v) is 4.18. The van der Waals surface area contributed by atoms with Gasteiger partial charge in [-0.1, -0.05) is 31.0 Å². The summed E-state index contributed by atoms with van der Waals surface area (Å²) in [5.41, 5.74) is 1.26. The van der Waals surface area contributed by atoms with Gasteiger partial charge in [0.1, 0.15) is 12.1 Å². The summed E-state index contributed by atoms with van der Waals surface area (Å²) in [4.78, 5) is 52.6. The van der Waals surface area contributed by atoms with Crippen molar-refractivity contribution < 1.29 is 23.9 Å². The number of ether oxygens (including phenoxy) is 1. The Morgan fingerprint density at radius 3 is 2.73 bits per heavy atom. The zero-order valence-corrected chi connectivity index (χ0v) is 16.5. The summed E-state index contributed by atoms with van der Waals surface area (Å²) >= 11 is 0. The van der Waals surface area contributed by atoms with E-state index in [1.807, 2.05) is 30.5 Å². The van der Waals surface area contributed by atoms with Gasteiger partial charge in [0.2, 0.25) is 0 Å². The number of para-hydroxylation sites is 1. The van der Waals surface area contributed by atoms with Crippen molar-refractivity contribution in [2.24, 2.45) is 0 Å². The quantitative estimate of drug-likeness (QED) is 0.467. The number of esters is 1. The molecule has 1 saturated carbocycles. The lowest BCUT2D eigenvalue weighted by molar-refractivity contribution is -0.151. The summed E-state index contributed by atoms with van der Waals surface area (Å²) in [6.45, 7) is -0.551. The number of aromatic nitrogens is 1. The third kappa shape index (κ3) is 3.87. The number of carbonyl (C=O) groups is 4. The Morgan fingerprint density at radius 2 is 1.93 bits per heavy atom. The third-order valence-electron chi connectivity index (χ3n) is 5.75. The lowest BCUT2D eigenvalue weighted by Crippen LogP contribution is -2.44. The Balaban J connectivity index is 1.20. The molecule has 1 aliphatic carbocycles. The topological polar surface area (TPSA) is 121 Å². The summed E-state index contributed by atoms with van der Waals surface area (Å²) in [5, 5.41) is 6.51. The van der Waals surface area contributed by atoms with Crippen molar-refractivity contribution in [1.82, 2.24) is 20.5 Å². The van der Waals surface area contributed by atoms with Gasteiger partial charge < -0.3 is 20.4 Å². The van der Waals surface area contributed by atoms with Crippen LogP contribution in [-0.2, 0) is 25.5 Å². The first kappa shape index (κ1) is 19.9. The van der Waals surface area contributed by atoms with Crippen LogP contribution in [0.1, 0.15) is 31.2 Å². The van der Waals surface area contributed by atoms with Crippen LogP contribution in [0.15, 0.2) is 30.5 Å². The minimum absolute atomic E-state index is 0.384. The van der Waals surface area contributed by atoms with Gasteiger partial charge >= 0.3 is 12.0 Å². The van der Waals surface area contributed by atoms with Gasteiger partial charge in [0.25, 0.3) is 11.8 Å². The smallest absolute Gasteiger partial charge is 0.326 e. The van der Waals surface area contributed by atoms with Crippen LogP contribution in [0, 0.1) is 0 Å². The van der Waals surface area contributed by atoms with Crippen LogP contribution in [-0.4, -0.2) is 58.9 Å². The van der Waals surface area contributed by atoms with E-state index in [9.17, 15) is 19.2 Å². The van der Waals surface area contributed by atoms with Crippen molar-refractivity contribution in [3.8, 4) is 0 Å². The monoisotopic (exact) mass is 412 g/mol. The van der Waals surface area contributed by atoms with Crippen molar-refractivity contribution in [2.75, 3.05) is 19.7 Å². The molecule has 3 N–H and O–H groups in total. The molecule has 30 heavy (non-hydrogen) atoms. The largest absolute Gasteiger partial charge is 0.454 e. The Morgan fingerprint density at radius 1 is 1.17 bits per heavy atom. The van der Waals surface area contributed by atoms with Crippen LogP contribution >= 0.6 is 0 Å². The molecule has 4 rings (SSSR count). The summed E-state index contributed by atoms with van der Waals surface area (Å²) < 4.78 is 4.94. The highest BCUT2D eigenvalue weighted by molar-refractivity contribution is 6.08. The number of urea groups is 1. The van der Waals surface area contributed by atoms with Gasteiger partial charge in [0.15, 0.2) is 6.61 Å². The van der Waals surface area contributed by atoms with E-state index in [0.717, 1.165) is 34.2 Å². The number of nitrogens with one attached hydrogen (secondary N) is 3. The fraction of sp³-hybridized carbons (Fsp3) is 0.429. The molecule has 0 unspecified atom stereocenters. The molecule has 1 aliphatic heterocycles. The molecular formula is C21H24N4O5. The first-order valence-electron chi connectivity index (χ1n) is 10.1. The maximum Gasteiger partial charge on any atom is 0.326 e. The molecule has 0 atom stereocenters. The average molecular weight is 412 g/mol. The highest BCUT2D eigenvalue weighted by atomic mass is 16.5. The van der Waals surface area contributed by atoms with Crippen molar-refractivity contribution in [2.45, 2.75) is 37.6 Å². The van der Waals surface area contributed by atoms with Gasteiger partial charge in [0, 0.05) is 23.6 Å². The molecule has 2 heterocycles. The highest BCUT2D eigenvalue weighted by Gasteiger charge is 2.52. The lowest BCUT2D eigenvalue weighted by Gasteiger charge is -2.19. The average Bonchev–Trinajstić information content (AvgIpc) is 3.43. The van der Waals surface area contributed by atoms with Crippen molar-refractivity contribution in [1.29, 1.82) is 0 Å². The maximum absolute atomic E-state index is 12.5. The molecule has 0 bridgehead atoms. The Kier molecular flexibility index (Phi) is 5.43. The predicted molar refractivity (Wildman–Crippen MR) is 107 cm³/mol. The Hall–Kier alpha value is -3.36. The van der Waals surface area contributed by atoms with Crippen molar-refractivity contribution >= 4 is 34.7 Å². The molecule has 2 fully saturated rings. The minimum Gasteiger partial charge on any atom is -0.454 e. The van der Waals surface area contributed by atoms with Crippen LogP contribution in [0.2, 0.25) is 0 Å². The second kappa shape index (κ2) is 8.17. The van der Waals surface area contributed by atoms with Gasteiger partial charge in [-0.2, -0.15) is 0 Å². The van der Waals surface area contributed by atoms with Crippen LogP contribution in [0.4, 0.5) is 4.79 Å². The van der Waals surface area contributed by atoms with Gasteiger partial charge in [-0.25, -0.2) is 4.79 Å². The summed E-state index contributed by atoms with van der Waals surface area (Å²) in [5.74, 6) is -1.61. The molecule has 1 saturated heterocycles. The zero-order chi connectivity index (χ0) is 21.1. The summed E-state index contributed by atoms with van der Waals surface area (Å²) in [6.07, 6.45) is 5.44. The minimum atomic E-state index is -0.864. The number of nitrogens with zero attached hydrogens (tertiary/aromatic N) is 1. The fourth-order valence-electron chi connectivity index (χ4n) is 4.18. The van der Waals surface area contributed by atoms with Gasteiger partial charge in [-0.3, -0.25) is 19.3 Å². The van der Waals surface area contributed by atoms with E-state index in [-0.39, 0.29) is 5.91 Å². The SMILES string of the molecule is O=C(COC(=O)CN1C(=O)NC2(CCCC2)C1=O)NCCc1c[nH]c2ccccc12. The van der Waals surface area contributed by atoms with E-state index in [2.05, 4.69) is 15.6 Å². The predicted octanol–water partition coefficient (Wildman–Crippen LogP) is 1.23. The van der Waals surface area contributed by atoms with E-state index in [1.165, 1.54) is 0 Å². The van der Waals surface area contributed by atoms with E-state index in [1.54, 1.807) is 0 Å². The molecule has 2 aromatic rings. The number of aromatic amines is 1. The van der Waals surface area contributed by atoms with E-state index in [0.29, 0.717) is 25.8 Å². The Bertz CT molecular complexity index is 992. The number of rotatable bonds is 7. The molecular weight excluding hydrogens is 388 g/mol. The lowest BCUT2D eigenvalue weighted by atomic mass is 9.98. The molecule has 1 aromatic carbocycles. The molecule has 0 radical (unpaired) electrons. The van der Waals surface area contributed by atoms with Gasteiger partial charge in [-0.05, 0) is 30.9 Å². The Labute approximate surface area is 173 Å². The van der Waals surface area contributed by atoms with Crippen LogP contribution in [0.5, 0.6) is 0 Å². The van der Waals surface area contributed by atoms with E-state index >= 15 is 0 Å². The number of fused-ring (bicyclic) bond motifs is 1. The van der Waals surface area contributed by atoms with Crippen LogP contribution < -0.4 is 10.6 Å². The van der Waals surface area contributed by atoms with E-state index < -0.39 is 36.6 Å². The highest BCUT2D eigenvalue weighted by Crippen LogP contribution is 2.34. The number of amides is 4. The molecule has 2 aliphatic rings. The third-order valence-corrected chi connectivity index (χ3v) is 5.75. The molecule has 9 heteroatoms. The number of imide groups is 1. The van der Waals surface area contributed by atoms with Crippen LogP contribution in [0.3, 0.4) is 0 Å². The maximum atomic E-state index is 12.5. The number of H-pyrrole nitrogens is 1. The number of benzene rings is 1. The molecule has 1 aromatic heterocycles.